The fraction of sp³-hybridized carbons (Fsp3) is 1.00. The molecule has 2 heterocycles. The van der Waals surface area contributed by atoms with Gasteiger partial charge in [-0.2, -0.15) is 11.8 Å². The highest BCUT2D eigenvalue weighted by molar-refractivity contribution is 7.99. The van der Waals surface area contributed by atoms with Gasteiger partial charge in [-0.1, -0.05) is 0 Å². The average molecular weight is 189 g/mol. The van der Waals surface area contributed by atoms with Crippen LogP contribution in [0.25, 0.3) is 0 Å². The van der Waals surface area contributed by atoms with E-state index < -0.39 is 11.1 Å². The van der Waals surface area contributed by atoms with Crippen LogP contribution in [0.1, 0.15) is 12.8 Å². The van der Waals surface area contributed by atoms with Crippen molar-refractivity contribution >= 4 is 11.8 Å². The quantitative estimate of drug-likeness (QED) is 0.608. The molecule has 2 saturated heterocycles. The second kappa shape index (κ2) is 2.87. The predicted molar refractivity (Wildman–Crippen MR) is 49.2 cm³/mol. The number of thioether (sulfide) groups is 1. The second-order valence-corrected chi connectivity index (χ2v) is 4.90. The van der Waals surface area contributed by atoms with Crippen molar-refractivity contribution in [2.24, 2.45) is 5.73 Å². The van der Waals surface area contributed by atoms with E-state index in [-0.39, 0.29) is 0 Å². The van der Waals surface area contributed by atoms with E-state index in [2.05, 4.69) is 0 Å². The Hall–Kier alpha value is 0.230. The summed E-state index contributed by atoms with van der Waals surface area (Å²) in [6.07, 6.45) is 1.61. The smallest absolute Gasteiger partial charge is 0.0947 e. The molecule has 0 radical (unpaired) electrons. The zero-order chi connectivity index (χ0) is 8.66. The van der Waals surface area contributed by atoms with Gasteiger partial charge in [-0.25, -0.2) is 0 Å². The zero-order valence-corrected chi connectivity index (χ0v) is 7.90. The number of rotatable bonds is 1. The Balaban J connectivity index is 2.14. The fourth-order valence-electron chi connectivity index (χ4n) is 1.89. The minimum absolute atomic E-state index is 0.476. The molecular weight excluding hydrogens is 174 g/mol. The Morgan fingerprint density at radius 1 is 1.42 bits per heavy atom. The first-order chi connectivity index (χ1) is 5.66. The van der Waals surface area contributed by atoms with Crippen molar-refractivity contribution < 1.29 is 9.84 Å². The normalized spacial score (nSPS) is 48.5. The Morgan fingerprint density at radius 3 is 2.75 bits per heavy atom. The summed E-state index contributed by atoms with van der Waals surface area (Å²) in [4.78, 5) is 0. The molecule has 2 rings (SSSR count). The van der Waals surface area contributed by atoms with E-state index in [1.54, 1.807) is 11.8 Å². The van der Waals surface area contributed by atoms with E-state index >= 15 is 0 Å². The van der Waals surface area contributed by atoms with Crippen LogP contribution >= 0.6 is 11.8 Å². The van der Waals surface area contributed by atoms with Crippen molar-refractivity contribution in [2.45, 2.75) is 24.0 Å². The Morgan fingerprint density at radius 2 is 2.25 bits per heavy atom. The van der Waals surface area contributed by atoms with Crippen molar-refractivity contribution in [1.82, 2.24) is 0 Å². The van der Waals surface area contributed by atoms with Crippen LogP contribution in [0.5, 0.6) is 0 Å². The summed E-state index contributed by atoms with van der Waals surface area (Å²) in [5.41, 5.74) is 4.96. The lowest BCUT2D eigenvalue weighted by Crippen LogP contribution is -2.61. The highest BCUT2D eigenvalue weighted by atomic mass is 32.2. The van der Waals surface area contributed by atoms with Gasteiger partial charge < -0.3 is 15.6 Å². The molecule has 0 bridgehead atoms. The highest BCUT2D eigenvalue weighted by Crippen LogP contribution is 2.39. The second-order valence-electron chi connectivity index (χ2n) is 3.79. The predicted octanol–water partition coefficient (Wildman–Crippen LogP) is -0.0278. The third-order valence-corrected chi connectivity index (χ3v) is 4.15. The van der Waals surface area contributed by atoms with Gasteiger partial charge in [0.05, 0.1) is 17.7 Å². The molecule has 2 fully saturated rings. The first-order valence-electron chi connectivity index (χ1n) is 4.33. The summed E-state index contributed by atoms with van der Waals surface area (Å²) in [6, 6.07) is 0. The van der Waals surface area contributed by atoms with E-state index in [1.165, 1.54) is 0 Å². The van der Waals surface area contributed by atoms with E-state index in [4.69, 9.17) is 10.5 Å². The number of aliphatic hydroxyl groups is 1. The van der Waals surface area contributed by atoms with Crippen LogP contribution < -0.4 is 5.73 Å². The molecule has 4 heteroatoms. The molecule has 3 N–H and O–H groups in total. The molecule has 12 heavy (non-hydrogen) atoms. The van der Waals surface area contributed by atoms with Crippen LogP contribution in [-0.4, -0.2) is 41.0 Å². The van der Waals surface area contributed by atoms with Crippen LogP contribution in [-0.2, 0) is 4.74 Å². The number of hydrogen-bond donors (Lipinski definition) is 2. The molecule has 0 spiro atoms. The Bertz CT molecular complexity index is 154. The summed E-state index contributed by atoms with van der Waals surface area (Å²) in [5.74, 6) is 1.79. The van der Waals surface area contributed by atoms with E-state index in [9.17, 15) is 5.11 Å². The van der Waals surface area contributed by atoms with Crippen LogP contribution in [0.3, 0.4) is 0 Å². The maximum atomic E-state index is 10.2. The Kier molecular flexibility index (Phi) is 2.11. The van der Waals surface area contributed by atoms with E-state index in [0.717, 1.165) is 24.3 Å². The summed E-state index contributed by atoms with van der Waals surface area (Å²) in [6.45, 7) is 1.22. The summed E-state index contributed by atoms with van der Waals surface area (Å²) in [5, 5.41) is 10.2. The zero-order valence-electron chi connectivity index (χ0n) is 7.08. The molecule has 0 aromatic carbocycles. The van der Waals surface area contributed by atoms with Gasteiger partial charge >= 0.3 is 0 Å². The van der Waals surface area contributed by atoms with Crippen molar-refractivity contribution in [2.75, 3.05) is 24.7 Å². The van der Waals surface area contributed by atoms with E-state index in [1.807, 2.05) is 0 Å². The molecular formula is C8H15NO2S. The molecule has 3 nitrogen and oxygen atoms in total. The third-order valence-electron chi connectivity index (χ3n) is 2.98. The van der Waals surface area contributed by atoms with Gasteiger partial charge in [0.2, 0.25) is 0 Å². The molecule has 70 valence electrons. The van der Waals surface area contributed by atoms with Crippen molar-refractivity contribution in [1.29, 1.82) is 0 Å². The van der Waals surface area contributed by atoms with Crippen molar-refractivity contribution in [3.8, 4) is 0 Å². The summed E-state index contributed by atoms with van der Waals surface area (Å²) in [7, 11) is 0. The maximum Gasteiger partial charge on any atom is 0.0947 e. The Labute approximate surface area is 76.7 Å². The molecule has 0 aromatic rings. The molecule has 0 aliphatic carbocycles. The fourth-order valence-corrected chi connectivity index (χ4v) is 3.29. The summed E-state index contributed by atoms with van der Waals surface area (Å²) >= 11 is 1.78. The number of hydrogen-bond acceptors (Lipinski definition) is 4. The van der Waals surface area contributed by atoms with Crippen molar-refractivity contribution in [3.63, 3.8) is 0 Å². The monoisotopic (exact) mass is 189 g/mol. The van der Waals surface area contributed by atoms with Crippen LogP contribution in [0.2, 0.25) is 0 Å². The van der Waals surface area contributed by atoms with Gasteiger partial charge in [0.25, 0.3) is 0 Å². The topological polar surface area (TPSA) is 55.5 Å². The highest BCUT2D eigenvalue weighted by Gasteiger charge is 2.51. The van der Waals surface area contributed by atoms with Gasteiger partial charge in [-0.05, 0) is 18.6 Å². The maximum absolute atomic E-state index is 10.2. The average Bonchev–Trinajstić information content (AvgIpc) is 2.60. The molecule has 2 aliphatic heterocycles. The van der Waals surface area contributed by atoms with Crippen LogP contribution in [0.15, 0.2) is 0 Å². The third kappa shape index (κ3) is 1.18. The van der Waals surface area contributed by atoms with Gasteiger partial charge in [0.1, 0.15) is 0 Å². The van der Waals surface area contributed by atoms with Crippen LogP contribution in [0.4, 0.5) is 0 Å². The largest absolute Gasteiger partial charge is 0.387 e. The summed E-state index contributed by atoms with van der Waals surface area (Å²) < 4.78 is 5.24. The minimum Gasteiger partial charge on any atom is -0.387 e. The first kappa shape index (κ1) is 8.81. The van der Waals surface area contributed by atoms with Gasteiger partial charge in [-0.3, -0.25) is 0 Å². The molecule has 2 unspecified atom stereocenters. The van der Waals surface area contributed by atoms with Gasteiger partial charge in [-0.15, -0.1) is 0 Å². The van der Waals surface area contributed by atoms with Gasteiger partial charge in [0.15, 0.2) is 0 Å². The van der Waals surface area contributed by atoms with Crippen molar-refractivity contribution in [3.05, 3.63) is 0 Å². The lowest BCUT2D eigenvalue weighted by atomic mass is 9.79. The molecule has 0 aromatic heterocycles. The molecule has 2 atom stereocenters. The molecule has 0 amide bonds. The number of ether oxygens (including phenoxy) is 1. The van der Waals surface area contributed by atoms with Crippen LogP contribution in [0, 0.1) is 0 Å². The molecule has 2 aliphatic rings. The van der Waals surface area contributed by atoms with E-state index in [0.29, 0.717) is 13.2 Å². The SMILES string of the molecule is NC1(C2(O)CCSC2)CCOC1. The minimum atomic E-state index is -0.672. The first-order valence-corrected chi connectivity index (χ1v) is 5.49. The lowest BCUT2D eigenvalue weighted by molar-refractivity contribution is -0.0164. The molecule has 0 saturated carbocycles. The van der Waals surface area contributed by atoms with Gasteiger partial charge in [0, 0.05) is 12.4 Å². The number of nitrogens with two attached hydrogens (primary N) is 1. The lowest BCUT2D eigenvalue weighted by Gasteiger charge is -2.37. The standard InChI is InChI=1S/C8H15NO2S/c9-7(1-3-11-5-7)8(10)2-4-12-6-8/h10H,1-6,9H2.